The molecule has 11 heavy (non-hydrogen) atoms. The number of nitrogens with two attached hydrogens (primary N) is 1. The third-order valence-electron chi connectivity index (χ3n) is 1.68. The van der Waals surface area contributed by atoms with Crippen LogP contribution in [0.2, 0.25) is 0 Å². The van der Waals surface area contributed by atoms with E-state index in [2.05, 4.69) is 4.99 Å². The molecule has 1 aromatic rings. The van der Waals surface area contributed by atoms with Crippen LogP contribution in [0.5, 0.6) is 0 Å². The second-order valence-electron chi connectivity index (χ2n) is 2.42. The first kappa shape index (κ1) is 6.16. The highest BCUT2D eigenvalue weighted by Gasteiger charge is 2.02. The van der Waals surface area contributed by atoms with E-state index in [-0.39, 0.29) is 0 Å². The number of benzene rings is 1. The van der Waals surface area contributed by atoms with Crippen molar-refractivity contribution in [3.05, 3.63) is 47.1 Å². The molecule has 2 heteroatoms. The van der Waals surface area contributed by atoms with Crippen molar-refractivity contribution in [2.45, 2.75) is 0 Å². The summed E-state index contributed by atoms with van der Waals surface area (Å²) in [5.74, 6) is 0. The highest BCUT2D eigenvalue weighted by Crippen LogP contribution is 1.83. The van der Waals surface area contributed by atoms with Gasteiger partial charge in [-0.15, -0.1) is 0 Å². The van der Waals surface area contributed by atoms with E-state index in [0.29, 0.717) is 0 Å². The number of fused-ring (bicyclic) bond motifs is 1. The van der Waals surface area contributed by atoms with E-state index in [4.69, 9.17) is 5.73 Å². The minimum absolute atomic E-state index is 0.788. The number of rotatable bonds is 0. The summed E-state index contributed by atoms with van der Waals surface area (Å²) >= 11 is 0. The fraction of sp³-hybridized carbons (Fsp3) is 0. The predicted molar refractivity (Wildman–Crippen MR) is 43.7 cm³/mol. The SMILES string of the molecule is NC1=c2ccccc2=[N+]C=C1. The smallest absolute Gasteiger partial charge is 0.286 e. The van der Waals surface area contributed by atoms with Gasteiger partial charge in [-0.25, -0.2) is 0 Å². The molecule has 0 atom stereocenters. The zero-order valence-corrected chi connectivity index (χ0v) is 5.99. The lowest BCUT2D eigenvalue weighted by Crippen LogP contribution is -2.34. The zero-order valence-electron chi connectivity index (χ0n) is 5.99. The zero-order chi connectivity index (χ0) is 7.68. The minimum atomic E-state index is 0.788. The molecule has 0 amide bonds. The molecule has 1 aromatic carbocycles. The molecule has 1 radical (unpaired) electrons. The van der Waals surface area contributed by atoms with E-state index in [1.807, 2.05) is 30.3 Å². The van der Waals surface area contributed by atoms with E-state index in [0.717, 1.165) is 16.3 Å². The molecule has 2 nitrogen and oxygen atoms in total. The molecule has 1 heterocycles. The summed E-state index contributed by atoms with van der Waals surface area (Å²) < 4.78 is 0. The molecule has 0 bridgehead atoms. The molecule has 0 spiro atoms. The predicted octanol–water partition coefficient (Wildman–Crippen LogP) is -0.764. The topological polar surface area (TPSA) is 40.1 Å². The van der Waals surface area contributed by atoms with Crippen molar-refractivity contribution in [2.24, 2.45) is 5.73 Å². The van der Waals surface area contributed by atoms with Crippen molar-refractivity contribution in [3.8, 4) is 0 Å². The van der Waals surface area contributed by atoms with Crippen molar-refractivity contribution in [3.63, 3.8) is 0 Å². The van der Waals surface area contributed by atoms with Crippen LogP contribution in [0.4, 0.5) is 0 Å². The molecule has 1 aliphatic heterocycles. The van der Waals surface area contributed by atoms with E-state index >= 15 is 0 Å². The van der Waals surface area contributed by atoms with Gasteiger partial charge in [0.05, 0.1) is 15.9 Å². The Kier molecular flexibility index (Phi) is 1.25. The lowest BCUT2D eigenvalue weighted by molar-refractivity contribution is 1.15. The lowest BCUT2D eigenvalue weighted by atomic mass is 10.2. The third-order valence-corrected chi connectivity index (χ3v) is 1.68. The van der Waals surface area contributed by atoms with Crippen molar-refractivity contribution in [1.82, 2.24) is 4.99 Å². The first-order chi connectivity index (χ1) is 5.38. The average molecular weight is 144 g/mol. The lowest BCUT2D eigenvalue weighted by Gasteiger charge is -1.89. The highest BCUT2D eigenvalue weighted by molar-refractivity contribution is 5.53. The molecular formula is C9H8N2+. The van der Waals surface area contributed by atoms with Crippen LogP contribution in [0.25, 0.3) is 5.70 Å². The Morgan fingerprint density at radius 1 is 1.18 bits per heavy atom. The summed E-state index contributed by atoms with van der Waals surface area (Å²) in [5, 5.41) is 1.97. The van der Waals surface area contributed by atoms with Gasteiger partial charge in [0.25, 0.3) is 5.36 Å². The molecule has 0 aromatic heterocycles. The molecule has 0 aliphatic carbocycles. The average Bonchev–Trinajstić information content (AvgIpc) is 2.06. The third kappa shape index (κ3) is 0.923. The monoisotopic (exact) mass is 144 g/mol. The van der Waals surface area contributed by atoms with Crippen LogP contribution in [0.15, 0.2) is 36.5 Å². The molecule has 0 fully saturated rings. The van der Waals surface area contributed by atoms with Gasteiger partial charge >= 0.3 is 0 Å². The molecule has 0 saturated carbocycles. The van der Waals surface area contributed by atoms with Gasteiger partial charge in [0.15, 0.2) is 0 Å². The largest absolute Gasteiger partial charge is 0.398 e. The maximum atomic E-state index is 5.72. The number of hydrogen-bond acceptors (Lipinski definition) is 2. The number of para-hydroxylation sites is 1. The van der Waals surface area contributed by atoms with Crippen LogP contribution >= 0.6 is 0 Å². The van der Waals surface area contributed by atoms with Gasteiger partial charge in [-0.3, -0.25) is 0 Å². The molecule has 1 aliphatic rings. The highest BCUT2D eigenvalue weighted by atomic mass is 14.7. The Morgan fingerprint density at radius 3 is 2.82 bits per heavy atom. The fourth-order valence-corrected chi connectivity index (χ4v) is 1.12. The Morgan fingerprint density at radius 2 is 2.00 bits per heavy atom. The molecular weight excluding hydrogens is 136 g/mol. The summed E-state index contributed by atoms with van der Waals surface area (Å²) in [7, 11) is 0. The van der Waals surface area contributed by atoms with Gasteiger partial charge < -0.3 is 5.73 Å². The normalized spacial score (nSPS) is 14.0. The van der Waals surface area contributed by atoms with Crippen molar-refractivity contribution >= 4 is 5.70 Å². The minimum Gasteiger partial charge on any atom is -0.398 e. The van der Waals surface area contributed by atoms with Gasteiger partial charge in [0, 0.05) is 12.1 Å². The van der Waals surface area contributed by atoms with Crippen molar-refractivity contribution in [1.29, 1.82) is 0 Å². The van der Waals surface area contributed by atoms with E-state index < -0.39 is 0 Å². The van der Waals surface area contributed by atoms with Crippen LogP contribution in [-0.4, -0.2) is 0 Å². The second kappa shape index (κ2) is 2.23. The van der Waals surface area contributed by atoms with Gasteiger partial charge in [-0.05, 0) is 6.07 Å². The molecule has 2 N–H and O–H groups in total. The summed E-state index contributed by atoms with van der Waals surface area (Å²) in [5.41, 5.74) is 6.50. The van der Waals surface area contributed by atoms with E-state index in [1.165, 1.54) is 0 Å². The molecule has 0 unspecified atom stereocenters. The first-order valence-corrected chi connectivity index (χ1v) is 3.47. The molecule has 0 saturated heterocycles. The van der Waals surface area contributed by atoms with Gasteiger partial charge in [-0.1, -0.05) is 12.1 Å². The van der Waals surface area contributed by atoms with Gasteiger partial charge in [-0.2, -0.15) is 0 Å². The Balaban J connectivity index is 2.97. The van der Waals surface area contributed by atoms with Crippen LogP contribution in [0.3, 0.4) is 0 Å². The summed E-state index contributed by atoms with van der Waals surface area (Å²) in [6, 6.07) is 7.83. The summed E-state index contributed by atoms with van der Waals surface area (Å²) in [6.45, 7) is 0. The summed E-state index contributed by atoms with van der Waals surface area (Å²) in [4.78, 5) is 4.16. The van der Waals surface area contributed by atoms with E-state index in [9.17, 15) is 0 Å². The fourth-order valence-electron chi connectivity index (χ4n) is 1.12. The number of nitrogens with zero attached hydrogens (tertiary/aromatic N) is 1. The Hall–Kier alpha value is -1.57. The Labute approximate surface area is 64.4 Å². The number of hydrogen-bond donors (Lipinski definition) is 1. The van der Waals surface area contributed by atoms with Gasteiger partial charge in [0.2, 0.25) is 6.20 Å². The standard InChI is InChI=1S/C9H8N2/c10-8-5-6-11-9-4-2-1-3-7(8)9/h1-6H,10H2/q+1. The van der Waals surface area contributed by atoms with Crippen molar-refractivity contribution in [2.75, 3.05) is 0 Å². The van der Waals surface area contributed by atoms with Crippen LogP contribution in [-0.2, 0) is 0 Å². The van der Waals surface area contributed by atoms with E-state index in [1.54, 1.807) is 6.20 Å². The summed E-state index contributed by atoms with van der Waals surface area (Å²) in [6.07, 6.45) is 3.53. The maximum Gasteiger partial charge on any atom is 0.286 e. The quantitative estimate of drug-likeness (QED) is 0.510. The molecule has 2 rings (SSSR count). The van der Waals surface area contributed by atoms with Crippen LogP contribution in [0.1, 0.15) is 0 Å². The van der Waals surface area contributed by atoms with Crippen LogP contribution < -0.4 is 21.3 Å². The second-order valence-corrected chi connectivity index (χ2v) is 2.42. The van der Waals surface area contributed by atoms with Crippen LogP contribution in [0, 0.1) is 0 Å². The van der Waals surface area contributed by atoms with Gasteiger partial charge in [0.1, 0.15) is 0 Å². The maximum absolute atomic E-state index is 5.72. The van der Waals surface area contributed by atoms with Crippen molar-refractivity contribution < 1.29 is 0 Å². The first-order valence-electron chi connectivity index (χ1n) is 3.47. The Bertz CT molecular complexity index is 415. The molecule has 53 valence electrons.